The van der Waals surface area contributed by atoms with Gasteiger partial charge in [0, 0.05) is 12.3 Å². The van der Waals surface area contributed by atoms with Crippen LogP contribution in [0.2, 0.25) is 0 Å². The summed E-state index contributed by atoms with van der Waals surface area (Å²) in [6, 6.07) is 6.40. The minimum absolute atomic E-state index is 0.599. The van der Waals surface area contributed by atoms with E-state index in [2.05, 4.69) is 35.3 Å². The lowest BCUT2D eigenvalue weighted by Gasteiger charge is -2.06. The lowest BCUT2D eigenvalue weighted by molar-refractivity contribution is 0.955. The summed E-state index contributed by atoms with van der Waals surface area (Å²) < 4.78 is 2.05. The Morgan fingerprint density at radius 3 is 2.67 bits per heavy atom. The minimum Gasteiger partial charge on any atom is -0.326 e. The summed E-state index contributed by atoms with van der Waals surface area (Å²) in [7, 11) is 0. The summed E-state index contributed by atoms with van der Waals surface area (Å²) in [6.45, 7) is 2.73. The zero-order valence-corrected chi connectivity index (χ0v) is 12.8. The highest BCUT2D eigenvalue weighted by Crippen LogP contribution is 2.30. The average molecular weight is 297 g/mol. The van der Waals surface area contributed by atoms with Crippen molar-refractivity contribution in [2.45, 2.75) is 27.9 Å². The Bertz CT molecular complexity index is 525. The number of hydrogen-bond donors (Lipinski definition) is 1. The number of thioether (sulfide) groups is 2. The Morgan fingerprint density at radius 1 is 1.28 bits per heavy atom. The van der Waals surface area contributed by atoms with E-state index in [1.54, 1.807) is 34.9 Å². The predicted molar refractivity (Wildman–Crippen MR) is 80.3 cm³/mol. The molecule has 2 N–H and O–H groups in total. The van der Waals surface area contributed by atoms with Crippen molar-refractivity contribution in [3.8, 4) is 0 Å². The molecule has 0 aliphatic rings. The molecule has 0 bridgehead atoms. The van der Waals surface area contributed by atoms with Crippen LogP contribution in [0.3, 0.4) is 0 Å². The van der Waals surface area contributed by atoms with Gasteiger partial charge in [-0.3, -0.25) is 0 Å². The summed E-state index contributed by atoms with van der Waals surface area (Å²) in [4.78, 5) is 0. The first-order chi connectivity index (χ1) is 8.72. The summed E-state index contributed by atoms with van der Waals surface area (Å²) in [5.41, 5.74) is 9.43. The molecule has 96 valence electrons. The molecular weight excluding hydrogens is 282 g/mol. The molecule has 0 unspecified atom stereocenters. The molecule has 0 spiro atoms. The Morgan fingerprint density at radius 2 is 2.06 bits per heavy atom. The van der Waals surface area contributed by atoms with E-state index < -0.39 is 0 Å². The highest BCUT2D eigenvalue weighted by molar-refractivity contribution is 8.02. The molecule has 0 atom stereocenters. The molecule has 1 heterocycles. The van der Waals surface area contributed by atoms with Gasteiger partial charge in [0.1, 0.15) is 0 Å². The molecule has 0 saturated heterocycles. The maximum absolute atomic E-state index is 5.63. The lowest BCUT2D eigenvalue weighted by Crippen LogP contribution is -1.97. The first-order valence-electron chi connectivity index (χ1n) is 5.51. The zero-order chi connectivity index (χ0) is 13.0. The number of nitrogens with two attached hydrogens (primary N) is 1. The molecule has 1 aromatic heterocycles. The number of aryl methyl sites for hydroxylation is 1. The highest BCUT2D eigenvalue weighted by atomic mass is 32.2. The molecule has 3 nitrogen and oxygen atoms in total. The smallest absolute Gasteiger partial charge is 0.175 e. The second-order valence-electron chi connectivity index (χ2n) is 3.79. The molecule has 0 radical (unpaired) electrons. The molecule has 2 rings (SSSR count). The van der Waals surface area contributed by atoms with E-state index in [4.69, 9.17) is 5.73 Å². The first-order valence-corrected chi connectivity index (χ1v) is 8.54. The third kappa shape index (κ3) is 3.47. The Balaban J connectivity index is 2.01. The second-order valence-corrected chi connectivity index (χ2v) is 7.04. The van der Waals surface area contributed by atoms with Gasteiger partial charge in [0.2, 0.25) is 0 Å². The van der Waals surface area contributed by atoms with Gasteiger partial charge in [-0.05, 0) is 29.9 Å². The van der Waals surface area contributed by atoms with Gasteiger partial charge >= 0.3 is 0 Å². The van der Waals surface area contributed by atoms with Gasteiger partial charge in [-0.2, -0.15) is 0 Å². The summed E-state index contributed by atoms with van der Waals surface area (Å²) in [5, 5.41) is 8.25. The minimum atomic E-state index is 0.599. The fourth-order valence-corrected chi connectivity index (χ4v) is 4.04. The largest absolute Gasteiger partial charge is 0.326 e. The molecule has 0 fully saturated rings. The molecule has 0 aliphatic heterocycles. The predicted octanol–water partition coefficient (Wildman–Crippen LogP) is 3.32. The average Bonchev–Trinajstić information content (AvgIpc) is 2.85. The number of aromatic nitrogens is 2. The van der Waals surface area contributed by atoms with Gasteiger partial charge < -0.3 is 5.73 Å². The SMILES string of the molecule is CSc1nnc(SCc2ccc(CN)cc2C)s1. The van der Waals surface area contributed by atoms with E-state index in [0.717, 1.165) is 14.4 Å². The van der Waals surface area contributed by atoms with Crippen molar-refractivity contribution < 1.29 is 0 Å². The molecule has 0 saturated carbocycles. The van der Waals surface area contributed by atoms with Crippen molar-refractivity contribution in [1.29, 1.82) is 0 Å². The molecule has 0 aliphatic carbocycles. The molecule has 2 aromatic rings. The van der Waals surface area contributed by atoms with E-state index in [0.29, 0.717) is 6.54 Å². The van der Waals surface area contributed by atoms with Crippen LogP contribution in [0, 0.1) is 6.92 Å². The van der Waals surface area contributed by atoms with Gasteiger partial charge in [0.25, 0.3) is 0 Å². The molecule has 6 heteroatoms. The number of benzene rings is 1. The monoisotopic (exact) mass is 297 g/mol. The van der Waals surface area contributed by atoms with Crippen molar-refractivity contribution in [1.82, 2.24) is 10.2 Å². The molecule has 18 heavy (non-hydrogen) atoms. The third-order valence-electron chi connectivity index (χ3n) is 2.56. The summed E-state index contributed by atoms with van der Waals surface area (Å²) in [6.07, 6.45) is 2.02. The standard InChI is InChI=1S/C12H15N3S3/c1-8-5-9(6-13)3-4-10(8)7-17-12-15-14-11(16-2)18-12/h3-5H,6-7,13H2,1-2H3. The maximum atomic E-state index is 5.63. The molecular formula is C12H15N3S3. The molecule has 1 aromatic carbocycles. The lowest BCUT2D eigenvalue weighted by atomic mass is 10.1. The number of nitrogens with zero attached hydrogens (tertiary/aromatic N) is 2. The fraction of sp³-hybridized carbons (Fsp3) is 0.333. The van der Waals surface area contributed by atoms with Crippen LogP contribution in [0.25, 0.3) is 0 Å². The summed E-state index contributed by atoms with van der Waals surface area (Å²) >= 11 is 5.02. The van der Waals surface area contributed by atoms with Crippen LogP contribution in [-0.4, -0.2) is 16.5 Å². The summed E-state index contributed by atoms with van der Waals surface area (Å²) in [5.74, 6) is 0.930. The topological polar surface area (TPSA) is 51.8 Å². The van der Waals surface area contributed by atoms with Gasteiger partial charge in [-0.25, -0.2) is 0 Å². The third-order valence-corrected chi connectivity index (χ3v) is 5.64. The van der Waals surface area contributed by atoms with Crippen molar-refractivity contribution in [2.75, 3.05) is 6.26 Å². The van der Waals surface area contributed by atoms with E-state index in [-0.39, 0.29) is 0 Å². The Labute approximate surface area is 120 Å². The number of rotatable bonds is 5. The van der Waals surface area contributed by atoms with Crippen LogP contribution in [0.1, 0.15) is 16.7 Å². The van der Waals surface area contributed by atoms with Crippen molar-refractivity contribution in [3.63, 3.8) is 0 Å². The van der Waals surface area contributed by atoms with Crippen molar-refractivity contribution >= 4 is 34.9 Å². The van der Waals surface area contributed by atoms with Gasteiger partial charge in [-0.15, -0.1) is 10.2 Å². The van der Waals surface area contributed by atoms with Crippen molar-refractivity contribution in [2.24, 2.45) is 5.73 Å². The van der Waals surface area contributed by atoms with E-state index in [9.17, 15) is 0 Å². The van der Waals surface area contributed by atoms with Gasteiger partial charge in [0.05, 0.1) is 0 Å². The van der Waals surface area contributed by atoms with Crippen LogP contribution in [0.15, 0.2) is 26.9 Å². The van der Waals surface area contributed by atoms with E-state index in [1.165, 1.54) is 16.7 Å². The van der Waals surface area contributed by atoms with Crippen molar-refractivity contribution in [3.05, 3.63) is 34.9 Å². The fourth-order valence-electron chi connectivity index (χ4n) is 1.52. The van der Waals surface area contributed by atoms with Crippen LogP contribution in [-0.2, 0) is 12.3 Å². The quantitative estimate of drug-likeness (QED) is 0.858. The van der Waals surface area contributed by atoms with Crippen LogP contribution in [0.5, 0.6) is 0 Å². The van der Waals surface area contributed by atoms with E-state index in [1.807, 2.05) is 6.26 Å². The highest BCUT2D eigenvalue weighted by Gasteiger charge is 2.06. The molecule has 0 amide bonds. The first kappa shape index (κ1) is 13.9. The Kier molecular flexibility index (Phi) is 5.05. The van der Waals surface area contributed by atoms with Crippen LogP contribution < -0.4 is 5.73 Å². The second kappa shape index (κ2) is 6.56. The maximum Gasteiger partial charge on any atom is 0.175 e. The van der Waals surface area contributed by atoms with Gasteiger partial charge in [-0.1, -0.05) is 53.1 Å². The van der Waals surface area contributed by atoms with Crippen LogP contribution >= 0.6 is 34.9 Å². The van der Waals surface area contributed by atoms with E-state index >= 15 is 0 Å². The Hall–Kier alpha value is -0.560. The van der Waals surface area contributed by atoms with Crippen LogP contribution in [0.4, 0.5) is 0 Å². The zero-order valence-electron chi connectivity index (χ0n) is 10.3. The van der Waals surface area contributed by atoms with Gasteiger partial charge in [0.15, 0.2) is 8.68 Å². The normalized spacial score (nSPS) is 10.8. The number of hydrogen-bond acceptors (Lipinski definition) is 6.